The summed E-state index contributed by atoms with van der Waals surface area (Å²) in [5.41, 5.74) is 1.69. The van der Waals surface area contributed by atoms with Gasteiger partial charge in [0.05, 0.1) is 5.92 Å². The average molecular weight is 258 g/mol. The van der Waals surface area contributed by atoms with Gasteiger partial charge in [-0.1, -0.05) is 42.4 Å². The van der Waals surface area contributed by atoms with Gasteiger partial charge >= 0.3 is 5.97 Å². The molecular formula is C10H14N2O2S2. The summed E-state index contributed by atoms with van der Waals surface area (Å²) >= 11 is 3.07. The molecule has 1 heterocycles. The Morgan fingerprint density at radius 1 is 1.44 bits per heavy atom. The zero-order chi connectivity index (χ0) is 11.4. The Labute approximate surface area is 102 Å². The molecule has 1 saturated carbocycles. The summed E-state index contributed by atoms with van der Waals surface area (Å²) in [4.78, 5) is 11.2. The van der Waals surface area contributed by atoms with Gasteiger partial charge in [-0.05, 0) is 12.8 Å². The Balaban J connectivity index is 2.05. The largest absolute Gasteiger partial charge is 0.481 e. The summed E-state index contributed by atoms with van der Waals surface area (Å²) in [6.45, 7) is 0. The quantitative estimate of drug-likeness (QED) is 0.844. The highest BCUT2D eigenvalue weighted by molar-refractivity contribution is 8.01. The average Bonchev–Trinajstić information content (AvgIpc) is 2.63. The number of carbonyl (C=O) groups is 1. The maximum atomic E-state index is 11.2. The van der Waals surface area contributed by atoms with Crippen LogP contribution in [-0.2, 0) is 4.79 Å². The van der Waals surface area contributed by atoms with Crippen LogP contribution in [0.2, 0.25) is 0 Å². The van der Waals surface area contributed by atoms with E-state index in [4.69, 9.17) is 0 Å². The Kier molecular flexibility index (Phi) is 4.17. The van der Waals surface area contributed by atoms with Gasteiger partial charge in [-0.25, -0.2) is 0 Å². The third-order valence-corrected chi connectivity index (χ3v) is 5.07. The minimum Gasteiger partial charge on any atom is -0.481 e. The van der Waals surface area contributed by atoms with Gasteiger partial charge < -0.3 is 5.11 Å². The number of aliphatic carboxylic acids is 1. The lowest BCUT2D eigenvalue weighted by molar-refractivity contribution is -0.141. The minimum atomic E-state index is -0.663. The van der Waals surface area contributed by atoms with E-state index in [2.05, 4.69) is 10.2 Å². The number of nitrogens with zero attached hydrogens (tertiary/aromatic N) is 2. The molecule has 0 amide bonds. The molecule has 1 N–H and O–H groups in total. The van der Waals surface area contributed by atoms with Crippen LogP contribution in [0.4, 0.5) is 0 Å². The molecule has 88 valence electrons. The van der Waals surface area contributed by atoms with Crippen LogP contribution in [0.1, 0.15) is 32.1 Å². The molecule has 1 aliphatic rings. The zero-order valence-corrected chi connectivity index (χ0v) is 10.5. The first kappa shape index (κ1) is 11.9. The molecule has 0 aliphatic heterocycles. The van der Waals surface area contributed by atoms with E-state index in [9.17, 15) is 9.90 Å². The molecule has 0 spiro atoms. The maximum absolute atomic E-state index is 11.2. The van der Waals surface area contributed by atoms with Crippen molar-refractivity contribution in [3.63, 3.8) is 0 Å². The molecule has 1 aromatic rings. The van der Waals surface area contributed by atoms with Crippen LogP contribution in [0.5, 0.6) is 0 Å². The molecule has 1 aromatic heterocycles. The van der Waals surface area contributed by atoms with Crippen molar-refractivity contribution in [3.05, 3.63) is 5.51 Å². The van der Waals surface area contributed by atoms with E-state index in [1.54, 1.807) is 17.3 Å². The highest BCUT2D eigenvalue weighted by atomic mass is 32.2. The number of hydrogen-bond donors (Lipinski definition) is 1. The fourth-order valence-electron chi connectivity index (χ4n) is 2.04. The van der Waals surface area contributed by atoms with Crippen LogP contribution in [0.3, 0.4) is 0 Å². The van der Waals surface area contributed by atoms with E-state index in [-0.39, 0.29) is 11.2 Å². The van der Waals surface area contributed by atoms with Gasteiger partial charge in [0.25, 0.3) is 0 Å². The molecule has 2 atom stereocenters. The molecule has 2 unspecified atom stereocenters. The van der Waals surface area contributed by atoms with Crippen LogP contribution in [-0.4, -0.2) is 26.5 Å². The summed E-state index contributed by atoms with van der Waals surface area (Å²) in [6.07, 6.45) is 5.08. The van der Waals surface area contributed by atoms with Crippen molar-refractivity contribution in [2.75, 3.05) is 0 Å². The summed E-state index contributed by atoms with van der Waals surface area (Å²) in [6, 6.07) is 0. The summed E-state index contributed by atoms with van der Waals surface area (Å²) in [7, 11) is 0. The van der Waals surface area contributed by atoms with E-state index in [1.165, 1.54) is 11.3 Å². The van der Waals surface area contributed by atoms with Crippen molar-refractivity contribution in [1.82, 2.24) is 10.2 Å². The first-order valence-electron chi connectivity index (χ1n) is 5.43. The predicted molar refractivity (Wildman–Crippen MR) is 63.8 cm³/mol. The fraction of sp³-hybridized carbons (Fsp3) is 0.700. The summed E-state index contributed by atoms with van der Waals surface area (Å²) in [5.74, 6) is -0.889. The lowest BCUT2D eigenvalue weighted by Gasteiger charge is -2.19. The molecule has 16 heavy (non-hydrogen) atoms. The second kappa shape index (κ2) is 5.63. The molecule has 0 saturated heterocycles. The number of rotatable bonds is 3. The Hall–Kier alpha value is -0.620. The summed E-state index contributed by atoms with van der Waals surface area (Å²) in [5, 5.41) is 17.1. The predicted octanol–water partition coefficient (Wildman–Crippen LogP) is 2.66. The normalized spacial score (nSPS) is 26.2. The molecule has 4 nitrogen and oxygen atoms in total. The highest BCUT2D eigenvalue weighted by Crippen LogP contribution is 2.37. The third-order valence-electron chi connectivity index (χ3n) is 2.86. The van der Waals surface area contributed by atoms with Crippen LogP contribution in [0.15, 0.2) is 9.85 Å². The maximum Gasteiger partial charge on any atom is 0.307 e. The second-order valence-corrected chi connectivity index (χ2v) is 6.26. The first-order chi connectivity index (χ1) is 7.77. The molecule has 6 heteroatoms. The van der Waals surface area contributed by atoms with Gasteiger partial charge in [0, 0.05) is 5.25 Å². The Bertz CT molecular complexity index is 343. The SMILES string of the molecule is O=C(O)C1CCCCCC1Sc1nncs1. The lowest BCUT2D eigenvalue weighted by Crippen LogP contribution is -2.24. The minimum absolute atomic E-state index is 0.160. The van der Waals surface area contributed by atoms with E-state index < -0.39 is 5.97 Å². The van der Waals surface area contributed by atoms with E-state index in [1.807, 2.05) is 0 Å². The number of carboxylic acid groups (broad SMARTS) is 1. The van der Waals surface area contributed by atoms with E-state index >= 15 is 0 Å². The van der Waals surface area contributed by atoms with E-state index in [0.717, 1.165) is 36.4 Å². The van der Waals surface area contributed by atoms with Gasteiger partial charge in [-0.15, -0.1) is 10.2 Å². The van der Waals surface area contributed by atoms with Gasteiger partial charge in [0.2, 0.25) is 0 Å². The smallest absolute Gasteiger partial charge is 0.307 e. The van der Waals surface area contributed by atoms with Crippen LogP contribution in [0.25, 0.3) is 0 Å². The highest BCUT2D eigenvalue weighted by Gasteiger charge is 2.30. The molecule has 1 fully saturated rings. The molecule has 0 bridgehead atoms. The van der Waals surface area contributed by atoms with Crippen LogP contribution >= 0.6 is 23.1 Å². The standard InChI is InChI=1S/C10H14N2O2S2/c13-9(14)7-4-2-1-3-5-8(7)16-10-12-11-6-15-10/h6-8H,1-5H2,(H,13,14). The van der Waals surface area contributed by atoms with Gasteiger partial charge in [-0.2, -0.15) is 0 Å². The molecular weight excluding hydrogens is 244 g/mol. The molecule has 0 aromatic carbocycles. The second-order valence-electron chi connectivity index (χ2n) is 3.94. The first-order valence-corrected chi connectivity index (χ1v) is 7.19. The monoisotopic (exact) mass is 258 g/mol. The van der Waals surface area contributed by atoms with Crippen molar-refractivity contribution >= 4 is 29.1 Å². The Morgan fingerprint density at radius 3 is 2.94 bits per heavy atom. The van der Waals surface area contributed by atoms with Gasteiger partial charge in [0.1, 0.15) is 5.51 Å². The van der Waals surface area contributed by atoms with Crippen LogP contribution in [0, 0.1) is 5.92 Å². The number of thioether (sulfide) groups is 1. The lowest BCUT2D eigenvalue weighted by atomic mass is 10.0. The molecule has 2 rings (SSSR count). The topological polar surface area (TPSA) is 63.1 Å². The van der Waals surface area contributed by atoms with Gasteiger partial charge in [0.15, 0.2) is 4.34 Å². The van der Waals surface area contributed by atoms with Crippen molar-refractivity contribution in [3.8, 4) is 0 Å². The number of aromatic nitrogens is 2. The van der Waals surface area contributed by atoms with E-state index in [0.29, 0.717) is 0 Å². The fourth-order valence-corrected chi connectivity index (χ4v) is 4.10. The number of hydrogen-bond acceptors (Lipinski definition) is 5. The zero-order valence-electron chi connectivity index (χ0n) is 8.83. The van der Waals surface area contributed by atoms with Crippen molar-refractivity contribution in [1.29, 1.82) is 0 Å². The molecule has 0 radical (unpaired) electrons. The Morgan fingerprint density at radius 2 is 2.25 bits per heavy atom. The van der Waals surface area contributed by atoms with Gasteiger partial charge in [-0.3, -0.25) is 4.79 Å². The van der Waals surface area contributed by atoms with Crippen molar-refractivity contribution in [2.24, 2.45) is 5.92 Å². The number of carboxylic acids is 1. The van der Waals surface area contributed by atoms with Crippen molar-refractivity contribution < 1.29 is 9.90 Å². The van der Waals surface area contributed by atoms with Crippen molar-refractivity contribution in [2.45, 2.75) is 41.7 Å². The summed E-state index contributed by atoms with van der Waals surface area (Å²) < 4.78 is 0.887. The third kappa shape index (κ3) is 2.95. The van der Waals surface area contributed by atoms with Crippen LogP contribution < -0.4 is 0 Å². The molecule has 1 aliphatic carbocycles.